The topological polar surface area (TPSA) is 78.0 Å². The highest BCUT2D eigenvalue weighted by Gasteiger charge is 2.29. The summed E-state index contributed by atoms with van der Waals surface area (Å²) >= 11 is 6.01. The van der Waals surface area contributed by atoms with Crippen LogP contribution < -0.4 is 0 Å². The van der Waals surface area contributed by atoms with E-state index in [-0.39, 0.29) is 27.3 Å². The van der Waals surface area contributed by atoms with Gasteiger partial charge in [0, 0.05) is 44.8 Å². The number of piperazine rings is 1. The molecule has 2 aromatic carbocycles. The fourth-order valence-electron chi connectivity index (χ4n) is 4.17. The predicted molar refractivity (Wildman–Crippen MR) is 122 cm³/mol. The summed E-state index contributed by atoms with van der Waals surface area (Å²) in [6, 6.07) is 9.77. The monoisotopic (exact) mass is 493 g/mol. The highest BCUT2D eigenvalue weighted by atomic mass is 35.5. The summed E-state index contributed by atoms with van der Waals surface area (Å²) in [5, 5.41) is 0.0465. The van der Waals surface area contributed by atoms with Crippen LogP contribution in [-0.2, 0) is 10.0 Å². The number of carbonyl (C=O) groups excluding carboxylic acids is 2. The molecule has 0 saturated carbocycles. The first-order valence-corrected chi connectivity index (χ1v) is 12.7. The third-order valence-electron chi connectivity index (χ3n) is 6.05. The van der Waals surface area contributed by atoms with Gasteiger partial charge < -0.3 is 9.80 Å². The van der Waals surface area contributed by atoms with E-state index < -0.39 is 15.8 Å². The zero-order valence-corrected chi connectivity index (χ0v) is 19.6. The maximum absolute atomic E-state index is 13.3. The molecule has 0 spiro atoms. The van der Waals surface area contributed by atoms with Crippen LogP contribution >= 0.6 is 11.6 Å². The van der Waals surface area contributed by atoms with Crippen molar-refractivity contribution in [3.63, 3.8) is 0 Å². The van der Waals surface area contributed by atoms with Gasteiger partial charge in [-0.15, -0.1) is 0 Å². The van der Waals surface area contributed by atoms with E-state index in [2.05, 4.69) is 0 Å². The average molecular weight is 494 g/mol. The normalized spacial score (nSPS) is 17.8. The van der Waals surface area contributed by atoms with Crippen LogP contribution in [0.5, 0.6) is 0 Å². The van der Waals surface area contributed by atoms with Gasteiger partial charge in [-0.05, 0) is 49.2 Å². The molecule has 0 bridgehead atoms. The smallest absolute Gasteiger partial charge is 0.255 e. The Bertz CT molecular complexity index is 1160. The van der Waals surface area contributed by atoms with Gasteiger partial charge in [0.25, 0.3) is 11.8 Å². The fraction of sp³-hybridized carbons (Fsp3) is 0.391. The van der Waals surface area contributed by atoms with Gasteiger partial charge >= 0.3 is 0 Å². The lowest BCUT2D eigenvalue weighted by Gasteiger charge is -2.35. The number of nitrogens with zero attached hydrogens (tertiary/aromatic N) is 3. The number of piperidine rings is 1. The van der Waals surface area contributed by atoms with E-state index in [0.29, 0.717) is 44.8 Å². The highest BCUT2D eigenvalue weighted by molar-refractivity contribution is 7.89. The van der Waals surface area contributed by atoms with E-state index in [4.69, 9.17) is 11.6 Å². The second-order valence-electron chi connectivity index (χ2n) is 8.20. The average Bonchev–Trinajstić information content (AvgIpc) is 2.84. The molecule has 2 aromatic rings. The molecule has 0 aliphatic carbocycles. The molecular formula is C23H25ClFN3O4S. The zero-order valence-electron chi connectivity index (χ0n) is 18.0. The Morgan fingerprint density at radius 2 is 1.45 bits per heavy atom. The Hall–Kier alpha value is -2.49. The third-order valence-corrected chi connectivity index (χ3v) is 8.26. The van der Waals surface area contributed by atoms with Gasteiger partial charge in [0.1, 0.15) is 5.82 Å². The number of benzene rings is 2. The van der Waals surface area contributed by atoms with E-state index in [1.807, 2.05) is 0 Å². The van der Waals surface area contributed by atoms with Crippen LogP contribution in [0.1, 0.15) is 40.0 Å². The number of sulfonamides is 1. The molecule has 2 fully saturated rings. The van der Waals surface area contributed by atoms with Crippen molar-refractivity contribution in [2.24, 2.45) is 0 Å². The van der Waals surface area contributed by atoms with Crippen molar-refractivity contribution in [2.45, 2.75) is 24.2 Å². The van der Waals surface area contributed by atoms with Crippen molar-refractivity contribution >= 4 is 33.4 Å². The molecular weight excluding hydrogens is 469 g/mol. The summed E-state index contributed by atoms with van der Waals surface area (Å²) < 4.78 is 40.7. The van der Waals surface area contributed by atoms with Gasteiger partial charge in [0.2, 0.25) is 10.0 Å². The van der Waals surface area contributed by atoms with Crippen molar-refractivity contribution in [3.8, 4) is 0 Å². The van der Waals surface area contributed by atoms with E-state index in [0.717, 1.165) is 25.3 Å². The molecule has 0 unspecified atom stereocenters. The molecule has 0 N–H and O–H groups in total. The quantitative estimate of drug-likeness (QED) is 0.655. The van der Waals surface area contributed by atoms with E-state index in [9.17, 15) is 22.4 Å². The first kappa shape index (κ1) is 23.7. The lowest BCUT2D eigenvalue weighted by Crippen LogP contribution is -2.50. The summed E-state index contributed by atoms with van der Waals surface area (Å²) in [6.07, 6.45) is 2.69. The molecule has 10 heteroatoms. The second kappa shape index (κ2) is 9.79. The van der Waals surface area contributed by atoms with E-state index in [1.54, 1.807) is 21.9 Å². The zero-order chi connectivity index (χ0) is 23.6. The molecule has 2 amide bonds. The van der Waals surface area contributed by atoms with Crippen LogP contribution in [0, 0.1) is 5.82 Å². The molecule has 33 heavy (non-hydrogen) atoms. The summed E-state index contributed by atoms with van der Waals surface area (Å²) in [6.45, 7) is 2.18. The van der Waals surface area contributed by atoms with Crippen LogP contribution in [-0.4, -0.2) is 73.6 Å². The van der Waals surface area contributed by atoms with Crippen LogP contribution in [0.4, 0.5) is 4.39 Å². The van der Waals surface area contributed by atoms with Gasteiger partial charge in [0.05, 0.1) is 15.5 Å². The van der Waals surface area contributed by atoms with E-state index in [1.165, 1.54) is 28.6 Å². The summed E-state index contributed by atoms with van der Waals surface area (Å²) in [5.74, 6) is -1.11. The van der Waals surface area contributed by atoms with Crippen molar-refractivity contribution in [3.05, 3.63) is 64.4 Å². The van der Waals surface area contributed by atoms with Gasteiger partial charge in [-0.2, -0.15) is 4.31 Å². The first-order chi connectivity index (χ1) is 15.8. The molecule has 0 radical (unpaired) electrons. The highest BCUT2D eigenvalue weighted by Crippen LogP contribution is 2.23. The summed E-state index contributed by atoms with van der Waals surface area (Å²) in [7, 11) is -3.64. The molecule has 0 aromatic heterocycles. The van der Waals surface area contributed by atoms with Gasteiger partial charge in [-0.3, -0.25) is 9.59 Å². The molecule has 7 nitrogen and oxygen atoms in total. The molecule has 4 rings (SSSR count). The third kappa shape index (κ3) is 5.05. The van der Waals surface area contributed by atoms with Crippen molar-refractivity contribution in [1.82, 2.24) is 14.1 Å². The molecule has 2 heterocycles. The summed E-state index contributed by atoms with van der Waals surface area (Å²) in [5.41, 5.74) is 0.517. The number of hydrogen-bond acceptors (Lipinski definition) is 4. The van der Waals surface area contributed by atoms with Crippen molar-refractivity contribution in [2.75, 3.05) is 39.3 Å². The minimum atomic E-state index is -3.64. The first-order valence-electron chi connectivity index (χ1n) is 10.9. The standard InChI is InChI=1S/C23H25ClFN3O4S/c24-21-16-18(25)7-8-20(21)23(30)27-13-11-26(12-14-27)22(29)17-5-4-6-19(15-17)33(31,32)28-9-2-1-3-10-28/h4-8,15-16H,1-3,9-14H2. The number of hydrogen-bond donors (Lipinski definition) is 0. The molecule has 0 atom stereocenters. The van der Waals surface area contributed by atoms with Crippen LogP contribution in [0.15, 0.2) is 47.4 Å². The molecule has 176 valence electrons. The largest absolute Gasteiger partial charge is 0.335 e. The molecule has 2 aliphatic rings. The summed E-state index contributed by atoms with van der Waals surface area (Å²) in [4.78, 5) is 29.1. The number of rotatable bonds is 4. The SMILES string of the molecule is O=C(c1cccc(S(=O)(=O)N2CCCCC2)c1)N1CCN(C(=O)c2ccc(F)cc2Cl)CC1. The Morgan fingerprint density at radius 3 is 2.09 bits per heavy atom. The van der Waals surface area contributed by atoms with Gasteiger partial charge in [-0.1, -0.05) is 24.1 Å². The maximum atomic E-state index is 13.3. The fourth-order valence-corrected chi connectivity index (χ4v) is 5.98. The Balaban J connectivity index is 1.43. The lowest BCUT2D eigenvalue weighted by molar-refractivity contribution is 0.0535. The number of amides is 2. The van der Waals surface area contributed by atoms with Crippen molar-refractivity contribution in [1.29, 1.82) is 0 Å². The van der Waals surface area contributed by atoms with Crippen LogP contribution in [0.25, 0.3) is 0 Å². The van der Waals surface area contributed by atoms with Crippen molar-refractivity contribution < 1.29 is 22.4 Å². The minimum absolute atomic E-state index is 0.0465. The van der Waals surface area contributed by atoms with Crippen LogP contribution in [0.2, 0.25) is 5.02 Å². The molecule has 2 aliphatic heterocycles. The number of carbonyl (C=O) groups is 2. The maximum Gasteiger partial charge on any atom is 0.255 e. The Kier molecular flexibility index (Phi) is 7.02. The molecule has 2 saturated heterocycles. The minimum Gasteiger partial charge on any atom is -0.335 e. The second-order valence-corrected chi connectivity index (χ2v) is 10.5. The van der Waals surface area contributed by atoms with Gasteiger partial charge in [0.15, 0.2) is 0 Å². The predicted octanol–water partition coefficient (Wildman–Crippen LogP) is 3.25. The van der Waals surface area contributed by atoms with E-state index >= 15 is 0 Å². The van der Waals surface area contributed by atoms with Gasteiger partial charge in [-0.25, -0.2) is 12.8 Å². The Labute approximate surface area is 197 Å². The lowest BCUT2D eigenvalue weighted by atomic mass is 10.1. The van der Waals surface area contributed by atoms with Crippen LogP contribution in [0.3, 0.4) is 0 Å². The Morgan fingerprint density at radius 1 is 0.818 bits per heavy atom. The number of halogens is 2.